The zero-order valence-corrected chi connectivity index (χ0v) is 16.7. The molecule has 3 N–H and O–H groups in total. The molecule has 0 bridgehead atoms. The Kier molecular flexibility index (Phi) is 6.30. The van der Waals surface area contributed by atoms with Gasteiger partial charge in [0, 0.05) is 16.1 Å². The van der Waals surface area contributed by atoms with E-state index in [1.54, 1.807) is 31.2 Å². The zero-order chi connectivity index (χ0) is 20.1. The van der Waals surface area contributed by atoms with Crippen LogP contribution in [0.2, 0.25) is 0 Å². The third kappa shape index (κ3) is 4.89. The number of amides is 3. The van der Waals surface area contributed by atoms with Gasteiger partial charge in [0.15, 0.2) is 0 Å². The lowest BCUT2D eigenvalue weighted by molar-refractivity contribution is 0.0849. The topological polar surface area (TPSA) is 96.5 Å². The Hall–Kier alpha value is -2.87. The van der Waals surface area contributed by atoms with E-state index in [-0.39, 0.29) is 12.5 Å². The average molecular weight is 401 g/mol. The van der Waals surface area contributed by atoms with Crippen molar-refractivity contribution in [1.29, 1.82) is 0 Å². The number of hydrogen-bond donors (Lipinski definition) is 3. The van der Waals surface area contributed by atoms with Gasteiger partial charge in [-0.05, 0) is 68.0 Å². The quantitative estimate of drug-likeness (QED) is 0.683. The van der Waals surface area contributed by atoms with E-state index in [0.29, 0.717) is 22.0 Å². The molecule has 0 radical (unpaired) electrons. The van der Waals surface area contributed by atoms with Gasteiger partial charge in [0.2, 0.25) is 0 Å². The number of carbonyl (C=O) groups excluding carboxylic acids is 3. The average Bonchev–Trinajstić information content (AvgIpc) is 3.10. The highest BCUT2D eigenvalue weighted by Crippen LogP contribution is 2.32. The zero-order valence-electron chi connectivity index (χ0n) is 15.8. The van der Waals surface area contributed by atoms with Gasteiger partial charge in [0.1, 0.15) is 0 Å². The molecular formula is C20H23N3O4S. The van der Waals surface area contributed by atoms with E-state index >= 15 is 0 Å². The van der Waals surface area contributed by atoms with Crippen LogP contribution >= 0.6 is 11.3 Å². The fraction of sp³-hybridized carbons (Fsp3) is 0.350. The number of anilines is 1. The van der Waals surface area contributed by atoms with Crippen molar-refractivity contribution in [2.75, 3.05) is 11.9 Å². The van der Waals surface area contributed by atoms with Crippen molar-refractivity contribution in [3.8, 4) is 0 Å². The summed E-state index contributed by atoms with van der Waals surface area (Å²) in [7, 11) is 0. The number of rotatable bonds is 4. The Labute approximate surface area is 167 Å². The summed E-state index contributed by atoms with van der Waals surface area (Å²) in [5.74, 6) is -0.119. The van der Waals surface area contributed by atoms with E-state index in [1.165, 1.54) is 21.8 Å². The number of benzene rings is 1. The molecular weight excluding hydrogens is 378 g/mol. The summed E-state index contributed by atoms with van der Waals surface area (Å²) in [5.41, 5.74) is 6.99. The highest BCUT2D eigenvalue weighted by molar-refractivity contribution is 7.14. The normalized spacial score (nSPS) is 15.3. The molecule has 0 aliphatic heterocycles. The van der Waals surface area contributed by atoms with Crippen LogP contribution in [0.3, 0.4) is 0 Å². The first kappa shape index (κ1) is 19.9. The maximum atomic E-state index is 12.3. The number of ether oxygens (including phenoxy) is 1. The SMILES string of the molecule is CCOC(=O)Nc1ccc(C(=O)NNC(=O)c2cc3c(s2)CC[C@H](C)C3)cc1. The monoisotopic (exact) mass is 401 g/mol. The number of hydrazine groups is 1. The van der Waals surface area contributed by atoms with Crippen molar-refractivity contribution in [2.24, 2.45) is 5.92 Å². The lowest BCUT2D eigenvalue weighted by Crippen LogP contribution is -2.41. The van der Waals surface area contributed by atoms with Crippen molar-refractivity contribution in [3.05, 3.63) is 51.2 Å². The van der Waals surface area contributed by atoms with Crippen LogP contribution in [0.1, 0.15) is 50.7 Å². The maximum Gasteiger partial charge on any atom is 0.411 e. The number of thiophene rings is 1. The number of hydrogen-bond acceptors (Lipinski definition) is 5. The smallest absolute Gasteiger partial charge is 0.411 e. The molecule has 8 heteroatoms. The van der Waals surface area contributed by atoms with E-state index in [0.717, 1.165) is 19.3 Å². The predicted molar refractivity (Wildman–Crippen MR) is 108 cm³/mol. The molecule has 2 aromatic rings. The van der Waals surface area contributed by atoms with E-state index in [4.69, 9.17) is 4.74 Å². The third-order valence-corrected chi connectivity index (χ3v) is 5.75. The first-order valence-corrected chi connectivity index (χ1v) is 10.0. The minimum Gasteiger partial charge on any atom is -0.450 e. The highest BCUT2D eigenvalue weighted by atomic mass is 32.1. The van der Waals surface area contributed by atoms with E-state index in [1.807, 2.05) is 6.07 Å². The Balaban J connectivity index is 1.53. The van der Waals surface area contributed by atoms with E-state index in [2.05, 4.69) is 23.1 Å². The van der Waals surface area contributed by atoms with Crippen molar-refractivity contribution < 1.29 is 19.1 Å². The van der Waals surface area contributed by atoms with Gasteiger partial charge in [-0.25, -0.2) is 4.79 Å². The molecule has 3 rings (SSSR count). The van der Waals surface area contributed by atoms with E-state index in [9.17, 15) is 14.4 Å². The molecule has 0 unspecified atom stereocenters. The molecule has 1 aliphatic carbocycles. The molecule has 1 aliphatic rings. The molecule has 148 valence electrons. The van der Waals surface area contributed by atoms with Crippen molar-refractivity contribution >= 4 is 34.9 Å². The van der Waals surface area contributed by atoms with Gasteiger partial charge in [-0.3, -0.25) is 25.8 Å². The molecule has 0 fully saturated rings. The lowest BCUT2D eigenvalue weighted by Gasteiger charge is -2.16. The Bertz CT molecular complexity index is 876. The molecule has 1 aromatic carbocycles. The summed E-state index contributed by atoms with van der Waals surface area (Å²) in [6.45, 7) is 4.21. The van der Waals surface area contributed by atoms with Gasteiger partial charge in [0.25, 0.3) is 11.8 Å². The second-order valence-electron chi connectivity index (χ2n) is 6.74. The minimum atomic E-state index is -0.556. The van der Waals surface area contributed by atoms with Gasteiger partial charge in [0.05, 0.1) is 11.5 Å². The van der Waals surface area contributed by atoms with Crippen molar-refractivity contribution in [3.63, 3.8) is 0 Å². The molecule has 1 aromatic heterocycles. The first-order valence-electron chi connectivity index (χ1n) is 9.22. The second-order valence-corrected chi connectivity index (χ2v) is 7.87. The van der Waals surface area contributed by atoms with Crippen LogP contribution in [0.5, 0.6) is 0 Å². The van der Waals surface area contributed by atoms with Gasteiger partial charge >= 0.3 is 6.09 Å². The van der Waals surface area contributed by atoms with Crippen LogP contribution in [-0.2, 0) is 17.6 Å². The van der Waals surface area contributed by atoms with Gasteiger partial charge in [-0.1, -0.05) is 6.92 Å². The number of nitrogens with one attached hydrogen (secondary N) is 3. The minimum absolute atomic E-state index is 0.276. The fourth-order valence-electron chi connectivity index (χ4n) is 3.05. The van der Waals surface area contributed by atoms with Gasteiger partial charge in [-0.2, -0.15) is 0 Å². The molecule has 3 amide bonds. The van der Waals surface area contributed by atoms with Gasteiger partial charge in [-0.15, -0.1) is 11.3 Å². The standard InChI is InChI=1S/C20H23N3O4S/c1-3-27-20(26)21-15-7-5-13(6-8-15)18(24)22-23-19(25)17-11-14-10-12(2)4-9-16(14)28-17/h5-8,11-12H,3-4,9-10H2,1-2H3,(H,21,26)(H,22,24)(H,23,25)/t12-/m0/s1. The number of aryl methyl sites for hydroxylation is 1. The predicted octanol–water partition coefficient (Wildman–Crippen LogP) is 3.52. The second kappa shape index (κ2) is 8.88. The molecule has 0 saturated carbocycles. The Morgan fingerprint density at radius 2 is 1.86 bits per heavy atom. The first-order chi connectivity index (χ1) is 13.5. The van der Waals surface area contributed by atoms with Crippen molar-refractivity contribution in [2.45, 2.75) is 33.1 Å². The summed E-state index contributed by atoms with van der Waals surface area (Å²) < 4.78 is 4.79. The maximum absolute atomic E-state index is 12.3. The van der Waals surface area contributed by atoms with Crippen molar-refractivity contribution in [1.82, 2.24) is 10.9 Å². The summed E-state index contributed by atoms with van der Waals surface area (Å²) in [4.78, 5) is 37.8. The molecule has 7 nitrogen and oxygen atoms in total. The molecule has 1 atom stereocenters. The van der Waals surface area contributed by atoms with Gasteiger partial charge < -0.3 is 4.74 Å². The largest absolute Gasteiger partial charge is 0.450 e. The number of fused-ring (bicyclic) bond motifs is 1. The Morgan fingerprint density at radius 3 is 2.57 bits per heavy atom. The summed E-state index contributed by atoms with van der Waals surface area (Å²) in [6, 6.07) is 8.19. The molecule has 28 heavy (non-hydrogen) atoms. The van der Waals surface area contributed by atoms with Crippen LogP contribution in [0, 0.1) is 5.92 Å². The highest BCUT2D eigenvalue weighted by Gasteiger charge is 2.21. The number of carbonyl (C=O) groups is 3. The van der Waals surface area contributed by atoms with Crippen LogP contribution in [0.25, 0.3) is 0 Å². The molecule has 0 saturated heterocycles. The fourth-order valence-corrected chi connectivity index (χ4v) is 4.16. The molecule has 1 heterocycles. The van der Waals surface area contributed by atoms with Crippen LogP contribution < -0.4 is 16.2 Å². The molecule has 0 spiro atoms. The van der Waals surface area contributed by atoms with E-state index < -0.39 is 12.0 Å². The summed E-state index contributed by atoms with van der Waals surface area (Å²) in [5, 5.41) is 2.55. The van der Waals surface area contributed by atoms with Crippen LogP contribution in [0.15, 0.2) is 30.3 Å². The third-order valence-electron chi connectivity index (χ3n) is 4.51. The Morgan fingerprint density at radius 1 is 1.14 bits per heavy atom. The van der Waals surface area contributed by atoms with Crippen LogP contribution in [-0.4, -0.2) is 24.5 Å². The lowest BCUT2D eigenvalue weighted by atomic mass is 9.90. The summed E-state index contributed by atoms with van der Waals surface area (Å²) >= 11 is 1.49. The summed E-state index contributed by atoms with van der Waals surface area (Å²) in [6.07, 6.45) is 2.59. The van der Waals surface area contributed by atoms with Crippen LogP contribution in [0.4, 0.5) is 10.5 Å².